The van der Waals surface area contributed by atoms with Gasteiger partial charge in [-0.15, -0.1) is 0 Å². The number of carbonyl (C=O) groups is 1. The largest absolute Gasteiger partial charge is 0.492 e. The second-order valence-electron chi connectivity index (χ2n) is 5.28. The molecule has 0 aliphatic carbocycles. The SMILES string of the molecule is Cc1cc(OCCNC(=O)N2CCN(C)CC2)ccc1Cl. The van der Waals surface area contributed by atoms with Crippen molar-refractivity contribution in [1.29, 1.82) is 0 Å². The summed E-state index contributed by atoms with van der Waals surface area (Å²) in [5, 5.41) is 3.61. The molecule has 6 heteroatoms. The normalized spacial score (nSPS) is 15.9. The molecule has 0 radical (unpaired) electrons. The van der Waals surface area contributed by atoms with Gasteiger partial charge in [-0.25, -0.2) is 4.79 Å². The van der Waals surface area contributed by atoms with Crippen LogP contribution < -0.4 is 10.1 Å². The van der Waals surface area contributed by atoms with E-state index in [1.54, 1.807) is 0 Å². The van der Waals surface area contributed by atoms with E-state index < -0.39 is 0 Å². The van der Waals surface area contributed by atoms with Crippen LogP contribution in [0.3, 0.4) is 0 Å². The fourth-order valence-corrected chi connectivity index (χ4v) is 2.27. The van der Waals surface area contributed by atoms with Gasteiger partial charge in [-0.1, -0.05) is 11.6 Å². The number of halogens is 1. The average molecular weight is 312 g/mol. The van der Waals surface area contributed by atoms with Crippen molar-refractivity contribution in [3.05, 3.63) is 28.8 Å². The number of hydrogen-bond acceptors (Lipinski definition) is 3. The number of amides is 2. The molecule has 1 aliphatic rings. The fraction of sp³-hybridized carbons (Fsp3) is 0.533. The summed E-state index contributed by atoms with van der Waals surface area (Å²) in [6, 6.07) is 5.52. The lowest BCUT2D eigenvalue weighted by atomic mass is 10.2. The maximum absolute atomic E-state index is 11.9. The third kappa shape index (κ3) is 4.79. The number of likely N-dealkylation sites (N-methyl/N-ethyl adjacent to an activating group) is 1. The predicted molar refractivity (Wildman–Crippen MR) is 84.2 cm³/mol. The fourth-order valence-electron chi connectivity index (χ4n) is 2.16. The number of urea groups is 1. The summed E-state index contributed by atoms with van der Waals surface area (Å²) < 4.78 is 5.60. The van der Waals surface area contributed by atoms with Crippen molar-refractivity contribution in [2.24, 2.45) is 0 Å². The second kappa shape index (κ2) is 7.52. The van der Waals surface area contributed by atoms with Crippen molar-refractivity contribution >= 4 is 17.6 Å². The molecule has 0 saturated carbocycles. The maximum atomic E-state index is 11.9. The van der Waals surface area contributed by atoms with Crippen LogP contribution in [0.1, 0.15) is 5.56 Å². The van der Waals surface area contributed by atoms with Crippen molar-refractivity contribution in [3.8, 4) is 5.75 Å². The number of aryl methyl sites for hydroxylation is 1. The molecule has 1 heterocycles. The van der Waals surface area contributed by atoms with Crippen molar-refractivity contribution < 1.29 is 9.53 Å². The highest BCUT2D eigenvalue weighted by Crippen LogP contribution is 2.20. The molecule has 0 bridgehead atoms. The van der Waals surface area contributed by atoms with Gasteiger partial charge in [-0.3, -0.25) is 0 Å². The zero-order valence-electron chi connectivity index (χ0n) is 12.6. The van der Waals surface area contributed by atoms with Crippen molar-refractivity contribution in [1.82, 2.24) is 15.1 Å². The Morgan fingerprint density at radius 3 is 2.71 bits per heavy atom. The highest BCUT2D eigenvalue weighted by molar-refractivity contribution is 6.31. The Kier molecular flexibility index (Phi) is 5.70. The minimum Gasteiger partial charge on any atom is -0.492 e. The average Bonchev–Trinajstić information content (AvgIpc) is 2.47. The van der Waals surface area contributed by atoms with E-state index in [-0.39, 0.29) is 6.03 Å². The molecule has 2 rings (SSSR count). The summed E-state index contributed by atoms with van der Waals surface area (Å²) in [6.45, 7) is 6.28. The molecular formula is C15H22ClN3O2. The molecular weight excluding hydrogens is 290 g/mol. The number of rotatable bonds is 4. The van der Waals surface area contributed by atoms with Crippen molar-refractivity contribution in [2.75, 3.05) is 46.4 Å². The molecule has 0 atom stereocenters. The van der Waals surface area contributed by atoms with Crippen molar-refractivity contribution in [2.45, 2.75) is 6.92 Å². The van der Waals surface area contributed by atoms with Crippen molar-refractivity contribution in [3.63, 3.8) is 0 Å². The van der Waals surface area contributed by atoms with Gasteiger partial charge in [0.15, 0.2) is 0 Å². The second-order valence-corrected chi connectivity index (χ2v) is 5.69. The standard InChI is InChI=1S/C15H22ClN3O2/c1-12-11-13(3-4-14(12)16)21-10-5-17-15(20)19-8-6-18(2)7-9-19/h3-4,11H,5-10H2,1-2H3,(H,17,20). The van der Waals surface area contributed by atoms with Crippen LogP contribution in [0.2, 0.25) is 5.02 Å². The zero-order valence-corrected chi connectivity index (χ0v) is 13.3. The van der Waals surface area contributed by atoms with E-state index in [9.17, 15) is 4.79 Å². The number of benzene rings is 1. The summed E-state index contributed by atoms with van der Waals surface area (Å²) in [5.74, 6) is 0.769. The molecule has 1 saturated heterocycles. The van der Waals surface area contributed by atoms with Crippen LogP contribution in [0.15, 0.2) is 18.2 Å². The topological polar surface area (TPSA) is 44.8 Å². The molecule has 5 nitrogen and oxygen atoms in total. The summed E-state index contributed by atoms with van der Waals surface area (Å²) in [6.07, 6.45) is 0. The summed E-state index contributed by atoms with van der Waals surface area (Å²) in [4.78, 5) is 16.0. The van der Waals surface area contributed by atoms with Gasteiger partial charge in [0.05, 0.1) is 6.54 Å². The van der Waals surface area contributed by atoms with Gasteiger partial charge in [-0.05, 0) is 37.7 Å². The van der Waals surface area contributed by atoms with E-state index in [4.69, 9.17) is 16.3 Å². The lowest BCUT2D eigenvalue weighted by Gasteiger charge is -2.32. The monoisotopic (exact) mass is 311 g/mol. The first-order valence-electron chi connectivity index (χ1n) is 7.16. The molecule has 1 aliphatic heterocycles. The van der Waals surface area contributed by atoms with Gasteiger partial charge >= 0.3 is 6.03 Å². The van der Waals surface area contributed by atoms with E-state index in [2.05, 4.69) is 17.3 Å². The molecule has 21 heavy (non-hydrogen) atoms. The molecule has 0 unspecified atom stereocenters. The highest BCUT2D eigenvalue weighted by Gasteiger charge is 2.18. The molecule has 1 aromatic rings. The van der Waals surface area contributed by atoms with Crippen LogP contribution in [-0.4, -0.2) is 62.2 Å². The Morgan fingerprint density at radius 1 is 1.33 bits per heavy atom. The summed E-state index contributed by atoms with van der Waals surface area (Å²) >= 11 is 5.96. The number of ether oxygens (including phenoxy) is 1. The first-order chi connectivity index (χ1) is 10.1. The first-order valence-corrected chi connectivity index (χ1v) is 7.54. The smallest absolute Gasteiger partial charge is 0.317 e. The molecule has 0 aromatic heterocycles. The number of piperazine rings is 1. The molecule has 0 spiro atoms. The molecule has 116 valence electrons. The molecule has 1 aromatic carbocycles. The summed E-state index contributed by atoms with van der Waals surface area (Å²) in [7, 11) is 2.07. The minimum absolute atomic E-state index is 0.0148. The van der Waals surface area contributed by atoms with Crippen LogP contribution >= 0.6 is 11.6 Å². The maximum Gasteiger partial charge on any atom is 0.317 e. The Bertz CT molecular complexity index is 488. The van der Waals surface area contributed by atoms with Crippen LogP contribution in [0.5, 0.6) is 5.75 Å². The number of carbonyl (C=O) groups excluding carboxylic acids is 1. The van der Waals surface area contributed by atoms with E-state index >= 15 is 0 Å². The van der Waals surface area contributed by atoms with Crippen LogP contribution in [0, 0.1) is 6.92 Å². The summed E-state index contributed by atoms with van der Waals surface area (Å²) in [5.41, 5.74) is 0.982. The predicted octanol–water partition coefficient (Wildman–Crippen LogP) is 1.98. The van der Waals surface area contributed by atoms with Crippen LogP contribution in [-0.2, 0) is 0 Å². The van der Waals surface area contributed by atoms with Gasteiger partial charge in [0.1, 0.15) is 12.4 Å². The third-order valence-corrected chi connectivity index (χ3v) is 3.99. The Balaban J connectivity index is 1.67. The number of nitrogens with one attached hydrogen (secondary N) is 1. The molecule has 2 amide bonds. The number of hydrogen-bond donors (Lipinski definition) is 1. The zero-order chi connectivity index (χ0) is 15.2. The quantitative estimate of drug-likeness (QED) is 0.865. The molecule has 1 N–H and O–H groups in total. The van der Waals surface area contributed by atoms with Crippen LogP contribution in [0.25, 0.3) is 0 Å². The lowest BCUT2D eigenvalue weighted by molar-refractivity contribution is 0.153. The Hall–Kier alpha value is -1.46. The number of nitrogens with zero attached hydrogens (tertiary/aromatic N) is 2. The van der Waals surface area contributed by atoms with Gasteiger partial charge < -0.3 is 19.9 Å². The van der Waals surface area contributed by atoms with Crippen LogP contribution in [0.4, 0.5) is 4.79 Å². The van der Waals surface area contributed by atoms with Gasteiger partial charge in [-0.2, -0.15) is 0 Å². The van der Waals surface area contributed by atoms with Gasteiger partial charge in [0.2, 0.25) is 0 Å². The minimum atomic E-state index is -0.0148. The third-order valence-electron chi connectivity index (χ3n) is 3.57. The highest BCUT2D eigenvalue weighted by atomic mass is 35.5. The van der Waals surface area contributed by atoms with Gasteiger partial charge in [0, 0.05) is 31.2 Å². The van der Waals surface area contributed by atoms with E-state index in [1.165, 1.54) is 0 Å². The Morgan fingerprint density at radius 2 is 2.05 bits per heavy atom. The lowest BCUT2D eigenvalue weighted by Crippen LogP contribution is -2.51. The van der Waals surface area contributed by atoms with E-state index in [0.717, 1.165) is 42.5 Å². The Labute approximate surface area is 130 Å². The van der Waals surface area contributed by atoms with Gasteiger partial charge in [0.25, 0.3) is 0 Å². The first kappa shape index (κ1) is 15.9. The molecule has 1 fully saturated rings. The van der Waals surface area contributed by atoms with E-state index in [0.29, 0.717) is 13.2 Å². The van der Waals surface area contributed by atoms with E-state index in [1.807, 2.05) is 30.0 Å².